The second-order valence-corrected chi connectivity index (χ2v) is 5.71. The highest BCUT2D eigenvalue weighted by molar-refractivity contribution is 4.84. The molecule has 4 heteroatoms. The van der Waals surface area contributed by atoms with Gasteiger partial charge in [-0.15, -0.1) is 0 Å². The summed E-state index contributed by atoms with van der Waals surface area (Å²) < 4.78 is 0. The van der Waals surface area contributed by atoms with Crippen LogP contribution in [0.2, 0.25) is 0 Å². The van der Waals surface area contributed by atoms with E-state index in [1.807, 2.05) is 0 Å². The normalized spacial score (nSPS) is 12.7. The lowest BCUT2D eigenvalue weighted by Crippen LogP contribution is -2.42. The average molecular weight is 244 g/mol. The van der Waals surface area contributed by atoms with Gasteiger partial charge in [0.05, 0.1) is 0 Å². The van der Waals surface area contributed by atoms with E-state index in [1.54, 1.807) is 0 Å². The van der Waals surface area contributed by atoms with Gasteiger partial charge >= 0.3 is 0 Å². The Morgan fingerprint density at radius 2 is 1.24 bits per heavy atom. The predicted octanol–water partition coefficient (Wildman–Crippen LogP) is 0.716. The molecule has 17 heavy (non-hydrogen) atoms. The fraction of sp³-hybridized carbons (Fsp3) is 1.00. The number of hydrogen-bond acceptors (Lipinski definition) is 4. The fourth-order valence-corrected chi connectivity index (χ4v) is 2.16. The van der Waals surface area contributed by atoms with Gasteiger partial charge in [0, 0.05) is 5.54 Å². The van der Waals surface area contributed by atoms with Gasteiger partial charge in [0.15, 0.2) is 0 Å². The molecule has 0 aliphatic heterocycles. The van der Waals surface area contributed by atoms with Gasteiger partial charge in [-0.2, -0.15) is 0 Å². The molecule has 0 aromatic carbocycles. The molecule has 0 unspecified atom stereocenters. The summed E-state index contributed by atoms with van der Waals surface area (Å²) in [6, 6.07) is 0. The topological polar surface area (TPSA) is 58.5 Å². The second-order valence-electron chi connectivity index (χ2n) is 5.71. The maximum atomic E-state index is 6.46. The third kappa shape index (κ3) is 9.53. The molecule has 0 amide bonds. The quantitative estimate of drug-likeness (QED) is 0.594. The molecule has 0 radical (unpaired) electrons. The molecule has 0 heterocycles. The lowest BCUT2D eigenvalue weighted by atomic mass is 9.86. The molecule has 0 aromatic heterocycles. The third-order valence-corrected chi connectivity index (χ3v) is 3.20. The fourth-order valence-electron chi connectivity index (χ4n) is 2.16. The van der Waals surface area contributed by atoms with Crippen LogP contribution < -0.4 is 11.5 Å². The minimum Gasteiger partial charge on any atom is -0.330 e. The molecule has 0 saturated heterocycles. The summed E-state index contributed by atoms with van der Waals surface area (Å²) in [6.45, 7) is 2.91. The van der Waals surface area contributed by atoms with E-state index >= 15 is 0 Å². The van der Waals surface area contributed by atoms with E-state index in [1.165, 1.54) is 0 Å². The van der Waals surface area contributed by atoms with E-state index in [4.69, 9.17) is 11.5 Å². The van der Waals surface area contributed by atoms with Crippen LogP contribution in [0.25, 0.3) is 0 Å². The van der Waals surface area contributed by atoms with Crippen molar-refractivity contribution in [2.45, 2.75) is 37.6 Å². The Hall–Kier alpha value is -0.160. The SMILES string of the molecule is CN(C)CCCC(N)(CCN)CCCN(C)C. The Kier molecular flexibility index (Phi) is 8.78. The number of rotatable bonds is 10. The predicted molar refractivity (Wildman–Crippen MR) is 76.2 cm³/mol. The van der Waals surface area contributed by atoms with Crippen molar-refractivity contribution in [3.05, 3.63) is 0 Å². The van der Waals surface area contributed by atoms with Gasteiger partial charge < -0.3 is 21.3 Å². The van der Waals surface area contributed by atoms with Crippen molar-refractivity contribution in [2.75, 3.05) is 47.8 Å². The lowest BCUT2D eigenvalue weighted by molar-refractivity contribution is 0.284. The minimum atomic E-state index is -0.0548. The average Bonchev–Trinajstić information content (AvgIpc) is 2.16. The summed E-state index contributed by atoms with van der Waals surface area (Å²) in [7, 11) is 8.42. The maximum Gasteiger partial charge on any atom is 0.0167 e. The van der Waals surface area contributed by atoms with Crippen molar-refractivity contribution in [2.24, 2.45) is 11.5 Å². The highest BCUT2D eigenvalue weighted by Gasteiger charge is 2.23. The molecule has 0 saturated carbocycles. The third-order valence-electron chi connectivity index (χ3n) is 3.20. The van der Waals surface area contributed by atoms with Gasteiger partial charge in [-0.25, -0.2) is 0 Å². The largest absolute Gasteiger partial charge is 0.330 e. The summed E-state index contributed by atoms with van der Waals surface area (Å²) in [4.78, 5) is 4.42. The van der Waals surface area contributed by atoms with Crippen LogP contribution in [0.5, 0.6) is 0 Å². The molecule has 0 rings (SSSR count). The molecule has 0 aliphatic rings. The summed E-state index contributed by atoms with van der Waals surface area (Å²) in [5, 5.41) is 0. The summed E-state index contributed by atoms with van der Waals surface area (Å²) in [5.41, 5.74) is 12.1. The number of nitrogens with two attached hydrogens (primary N) is 2. The maximum absolute atomic E-state index is 6.46. The summed E-state index contributed by atoms with van der Waals surface area (Å²) in [6.07, 6.45) is 5.41. The van der Waals surface area contributed by atoms with Gasteiger partial charge in [-0.05, 0) is 79.9 Å². The first-order valence-corrected chi connectivity index (χ1v) is 6.68. The first kappa shape index (κ1) is 16.8. The summed E-state index contributed by atoms with van der Waals surface area (Å²) >= 11 is 0. The molecule has 0 bridgehead atoms. The van der Waals surface area contributed by atoms with Crippen molar-refractivity contribution < 1.29 is 0 Å². The van der Waals surface area contributed by atoms with Gasteiger partial charge in [-0.1, -0.05) is 0 Å². The molecular formula is C13H32N4. The molecule has 0 atom stereocenters. The Balaban J connectivity index is 3.97. The van der Waals surface area contributed by atoms with Gasteiger partial charge in [0.1, 0.15) is 0 Å². The van der Waals surface area contributed by atoms with Crippen molar-refractivity contribution in [1.29, 1.82) is 0 Å². The van der Waals surface area contributed by atoms with Crippen molar-refractivity contribution >= 4 is 0 Å². The van der Waals surface area contributed by atoms with Gasteiger partial charge in [0.25, 0.3) is 0 Å². The molecule has 0 aromatic rings. The molecule has 104 valence electrons. The van der Waals surface area contributed by atoms with Crippen LogP contribution >= 0.6 is 0 Å². The zero-order valence-electron chi connectivity index (χ0n) is 12.2. The van der Waals surface area contributed by atoms with E-state index in [0.717, 1.165) is 45.2 Å². The first-order chi connectivity index (χ1) is 7.89. The van der Waals surface area contributed by atoms with Crippen LogP contribution in [0.15, 0.2) is 0 Å². The van der Waals surface area contributed by atoms with Crippen LogP contribution in [-0.4, -0.2) is 63.2 Å². The van der Waals surface area contributed by atoms with E-state index < -0.39 is 0 Å². The van der Waals surface area contributed by atoms with Crippen LogP contribution in [0.4, 0.5) is 0 Å². The highest BCUT2D eigenvalue weighted by atomic mass is 15.1. The molecule has 0 spiro atoms. The molecule has 4 nitrogen and oxygen atoms in total. The smallest absolute Gasteiger partial charge is 0.0167 e. The highest BCUT2D eigenvalue weighted by Crippen LogP contribution is 2.20. The van der Waals surface area contributed by atoms with Gasteiger partial charge in [0.2, 0.25) is 0 Å². The standard InChI is InChI=1S/C13H32N4/c1-16(2)11-5-7-13(15,9-10-14)8-6-12-17(3)4/h5-12,14-15H2,1-4H3. The monoisotopic (exact) mass is 244 g/mol. The second kappa shape index (κ2) is 8.86. The van der Waals surface area contributed by atoms with Crippen LogP contribution in [0, 0.1) is 0 Å². The van der Waals surface area contributed by atoms with Crippen LogP contribution in [0.3, 0.4) is 0 Å². The molecule has 0 fully saturated rings. The van der Waals surface area contributed by atoms with Gasteiger partial charge in [-0.3, -0.25) is 0 Å². The Labute approximate surface area is 107 Å². The van der Waals surface area contributed by atoms with E-state index in [0.29, 0.717) is 6.54 Å². The van der Waals surface area contributed by atoms with Crippen molar-refractivity contribution in [3.8, 4) is 0 Å². The number of nitrogens with zero attached hydrogens (tertiary/aromatic N) is 2. The van der Waals surface area contributed by atoms with Crippen LogP contribution in [0.1, 0.15) is 32.1 Å². The van der Waals surface area contributed by atoms with Crippen molar-refractivity contribution in [3.63, 3.8) is 0 Å². The summed E-state index contributed by atoms with van der Waals surface area (Å²) in [5.74, 6) is 0. The van der Waals surface area contributed by atoms with E-state index in [2.05, 4.69) is 38.0 Å². The Morgan fingerprint density at radius 1 is 0.824 bits per heavy atom. The molecule has 0 aliphatic carbocycles. The Morgan fingerprint density at radius 3 is 1.53 bits per heavy atom. The first-order valence-electron chi connectivity index (χ1n) is 6.68. The Bertz CT molecular complexity index is 166. The zero-order valence-corrected chi connectivity index (χ0v) is 12.2. The van der Waals surface area contributed by atoms with Crippen molar-refractivity contribution in [1.82, 2.24) is 9.80 Å². The number of hydrogen-bond donors (Lipinski definition) is 2. The zero-order chi connectivity index (χ0) is 13.3. The van der Waals surface area contributed by atoms with E-state index in [9.17, 15) is 0 Å². The van der Waals surface area contributed by atoms with E-state index in [-0.39, 0.29) is 5.54 Å². The molecular weight excluding hydrogens is 212 g/mol. The lowest BCUT2D eigenvalue weighted by Gasteiger charge is -2.30. The minimum absolute atomic E-state index is 0.0548. The molecule has 4 N–H and O–H groups in total. The van der Waals surface area contributed by atoms with Crippen LogP contribution in [-0.2, 0) is 0 Å².